The molecule has 0 aliphatic carbocycles. The van der Waals surface area contributed by atoms with Gasteiger partial charge >= 0.3 is 0 Å². The second-order valence-corrected chi connectivity index (χ2v) is 6.26. The van der Waals surface area contributed by atoms with Gasteiger partial charge in [0.25, 0.3) is 11.8 Å². The molecule has 112 valence electrons. The van der Waals surface area contributed by atoms with E-state index in [1.165, 1.54) is 11.8 Å². The molecule has 0 radical (unpaired) electrons. The van der Waals surface area contributed by atoms with Crippen LogP contribution in [0.3, 0.4) is 0 Å². The molecule has 1 aromatic rings. The summed E-state index contributed by atoms with van der Waals surface area (Å²) in [5.41, 5.74) is -1.11. The number of anilines is 1. The van der Waals surface area contributed by atoms with Crippen molar-refractivity contribution in [2.75, 3.05) is 11.9 Å². The zero-order valence-electron chi connectivity index (χ0n) is 11.9. The second-order valence-electron chi connectivity index (χ2n) is 5.17. The maximum absolute atomic E-state index is 12.5. The van der Waals surface area contributed by atoms with E-state index in [1.54, 1.807) is 26.0 Å². The standard InChI is InChI=1S/C13H15N3O4S/c1-7(17)14-10-5-4-8(21-10)11(19)16-6-9(18)15-12(20)13(16,2)3/h4-5H,6H2,1-3H3,(H,14,17)(H,15,18,20). The molecule has 2 N–H and O–H groups in total. The minimum atomic E-state index is -1.11. The van der Waals surface area contributed by atoms with Gasteiger partial charge in [-0.15, -0.1) is 11.3 Å². The fraction of sp³-hybridized carbons (Fsp3) is 0.385. The lowest BCUT2D eigenvalue weighted by molar-refractivity contribution is -0.143. The van der Waals surface area contributed by atoms with Crippen molar-refractivity contribution >= 4 is 40.0 Å². The summed E-state index contributed by atoms with van der Waals surface area (Å²) >= 11 is 1.10. The van der Waals surface area contributed by atoms with E-state index in [0.29, 0.717) is 9.88 Å². The van der Waals surface area contributed by atoms with Crippen molar-refractivity contribution in [1.29, 1.82) is 0 Å². The molecule has 1 fully saturated rings. The van der Waals surface area contributed by atoms with Gasteiger partial charge in [0.15, 0.2) is 0 Å². The lowest BCUT2D eigenvalue weighted by Gasteiger charge is -2.39. The third-order valence-electron chi connectivity index (χ3n) is 3.15. The number of imide groups is 1. The van der Waals surface area contributed by atoms with Crippen molar-refractivity contribution in [3.8, 4) is 0 Å². The average Bonchev–Trinajstić information content (AvgIpc) is 2.81. The Kier molecular flexibility index (Phi) is 3.82. The number of piperazine rings is 1. The summed E-state index contributed by atoms with van der Waals surface area (Å²) < 4.78 is 0. The second kappa shape index (κ2) is 5.28. The first kappa shape index (κ1) is 15.2. The van der Waals surface area contributed by atoms with Crippen LogP contribution in [0.1, 0.15) is 30.4 Å². The first-order chi connectivity index (χ1) is 9.71. The van der Waals surface area contributed by atoms with Gasteiger partial charge in [-0.3, -0.25) is 24.5 Å². The number of hydrogen-bond donors (Lipinski definition) is 2. The molecule has 0 aromatic carbocycles. The maximum atomic E-state index is 12.5. The summed E-state index contributed by atoms with van der Waals surface area (Å²) in [4.78, 5) is 48.4. The van der Waals surface area contributed by atoms with Crippen LogP contribution < -0.4 is 10.6 Å². The van der Waals surface area contributed by atoms with E-state index in [9.17, 15) is 19.2 Å². The van der Waals surface area contributed by atoms with Gasteiger partial charge in [0, 0.05) is 6.92 Å². The summed E-state index contributed by atoms with van der Waals surface area (Å²) in [6.45, 7) is 4.35. The Balaban J connectivity index is 2.25. The molecule has 2 heterocycles. The highest BCUT2D eigenvalue weighted by Gasteiger charge is 2.44. The predicted molar refractivity (Wildman–Crippen MR) is 76.9 cm³/mol. The molecular formula is C13H15N3O4S. The van der Waals surface area contributed by atoms with Crippen LogP contribution in [0.25, 0.3) is 0 Å². The number of carbonyl (C=O) groups is 4. The Morgan fingerprint density at radius 3 is 2.62 bits per heavy atom. The molecule has 1 aromatic heterocycles. The maximum Gasteiger partial charge on any atom is 0.265 e. The van der Waals surface area contributed by atoms with E-state index in [0.717, 1.165) is 11.3 Å². The van der Waals surface area contributed by atoms with Crippen LogP contribution in [0.5, 0.6) is 0 Å². The zero-order chi connectivity index (χ0) is 15.8. The summed E-state index contributed by atoms with van der Waals surface area (Å²) in [5.74, 6) is -1.66. The van der Waals surface area contributed by atoms with E-state index in [1.807, 2.05) is 0 Å². The number of nitrogens with zero attached hydrogens (tertiary/aromatic N) is 1. The number of thiophene rings is 1. The van der Waals surface area contributed by atoms with Crippen LogP contribution in [0.2, 0.25) is 0 Å². The molecule has 0 atom stereocenters. The zero-order valence-corrected chi connectivity index (χ0v) is 12.7. The van der Waals surface area contributed by atoms with Crippen LogP contribution in [0.4, 0.5) is 5.00 Å². The number of hydrogen-bond acceptors (Lipinski definition) is 5. The van der Waals surface area contributed by atoms with E-state index in [2.05, 4.69) is 10.6 Å². The van der Waals surface area contributed by atoms with Crippen LogP contribution in [0.15, 0.2) is 12.1 Å². The van der Waals surface area contributed by atoms with Gasteiger partial charge in [-0.1, -0.05) is 0 Å². The highest BCUT2D eigenvalue weighted by molar-refractivity contribution is 7.18. The smallest absolute Gasteiger partial charge is 0.265 e. The first-order valence-electron chi connectivity index (χ1n) is 6.25. The topological polar surface area (TPSA) is 95.6 Å². The summed E-state index contributed by atoms with van der Waals surface area (Å²) in [5, 5.41) is 5.33. The molecule has 1 aliphatic rings. The number of carbonyl (C=O) groups excluding carboxylic acids is 4. The number of rotatable bonds is 2. The predicted octanol–water partition coefficient (Wildman–Crippen LogP) is 0.584. The van der Waals surface area contributed by atoms with E-state index >= 15 is 0 Å². The Morgan fingerprint density at radius 2 is 2.00 bits per heavy atom. The molecule has 4 amide bonds. The van der Waals surface area contributed by atoms with Crippen molar-refractivity contribution in [3.05, 3.63) is 17.0 Å². The van der Waals surface area contributed by atoms with Crippen LogP contribution >= 0.6 is 11.3 Å². The summed E-state index contributed by atoms with van der Waals surface area (Å²) in [6.07, 6.45) is 0. The van der Waals surface area contributed by atoms with Crippen LogP contribution in [-0.2, 0) is 14.4 Å². The molecule has 1 saturated heterocycles. The monoisotopic (exact) mass is 309 g/mol. The molecule has 8 heteroatoms. The van der Waals surface area contributed by atoms with Crippen molar-refractivity contribution in [2.24, 2.45) is 0 Å². The van der Waals surface area contributed by atoms with Crippen molar-refractivity contribution in [2.45, 2.75) is 26.3 Å². The lowest BCUT2D eigenvalue weighted by Crippen LogP contribution is -2.65. The van der Waals surface area contributed by atoms with Crippen molar-refractivity contribution in [3.63, 3.8) is 0 Å². The third-order valence-corrected chi connectivity index (χ3v) is 4.13. The van der Waals surface area contributed by atoms with E-state index < -0.39 is 23.3 Å². The Hall–Kier alpha value is -2.22. The molecule has 7 nitrogen and oxygen atoms in total. The fourth-order valence-corrected chi connectivity index (χ4v) is 2.84. The molecule has 2 rings (SSSR count). The van der Waals surface area contributed by atoms with Gasteiger partial charge in [0.2, 0.25) is 11.8 Å². The summed E-state index contributed by atoms with van der Waals surface area (Å²) in [7, 11) is 0. The quantitative estimate of drug-likeness (QED) is 0.781. The van der Waals surface area contributed by atoms with Crippen LogP contribution in [-0.4, -0.2) is 40.6 Å². The fourth-order valence-electron chi connectivity index (χ4n) is 1.94. The molecule has 21 heavy (non-hydrogen) atoms. The lowest BCUT2D eigenvalue weighted by atomic mass is 9.98. The normalized spacial score (nSPS) is 17.4. The van der Waals surface area contributed by atoms with Gasteiger partial charge in [0.1, 0.15) is 12.1 Å². The van der Waals surface area contributed by atoms with E-state index in [4.69, 9.17) is 0 Å². The highest BCUT2D eigenvalue weighted by atomic mass is 32.1. The Labute approximate surface area is 125 Å². The highest BCUT2D eigenvalue weighted by Crippen LogP contribution is 2.27. The Bertz CT molecular complexity index is 635. The molecule has 0 bridgehead atoms. The van der Waals surface area contributed by atoms with Crippen molar-refractivity contribution in [1.82, 2.24) is 10.2 Å². The largest absolute Gasteiger partial charge is 0.318 e. The van der Waals surface area contributed by atoms with Crippen molar-refractivity contribution < 1.29 is 19.2 Å². The first-order valence-corrected chi connectivity index (χ1v) is 7.07. The van der Waals surface area contributed by atoms with Gasteiger partial charge < -0.3 is 10.2 Å². The molecular weight excluding hydrogens is 294 g/mol. The van der Waals surface area contributed by atoms with E-state index in [-0.39, 0.29) is 12.5 Å². The van der Waals surface area contributed by atoms with Gasteiger partial charge in [-0.05, 0) is 26.0 Å². The minimum Gasteiger partial charge on any atom is -0.318 e. The molecule has 1 aliphatic heterocycles. The summed E-state index contributed by atoms with van der Waals surface area (Å²) in [6, 6.07) is 3.17. The third kappa shape index (κ3) is 2.94. The number of nitrogens with one attached hydrogen (secondary N) is 2. The average molecular weight is 309 g/mol. The molecule has 0 spiro atoms. The molecule has 0 saturated carbocycles. The van der Waals surface area contributed by atoms with Gasteiger partial charge in [0.05, 0.1) is 9.88 Å². The van der Waals surface area contributed by atoms with Gasteiger partial charge in [-0.25, -0.2) is 0 Å². The SMILES string of the molecule is CC(=O)Nc1ccc(C(=O)N2CC(=O)NC(=O)C2(C)C)s1. The minimum absolute atomic E-state index is 0.176. The Morgan fingerprint density at radius 1 is 1.33 bits per heavy atom. The number of amides is 4. The van der Waals surface area contributed by atoms with Crippen LogP contribution in [0, 0.1) is 0 Å². The van der Waals surface area contributed by atoms with Gasteiger partial charge in [-0.2, -0.15) is 0 Å². The molecule has 0 unspecified atom stereocenters.